The number of allylic oxidation sites excluding steroid dienone is 5. The predicted molar refractivity (Wildman–Crippen MR) is 151 cm³/mol. The van der Waals surface area contributed by atoms with Gasteiger partial charge in [0, 0.05) is 42.2 Å². The van der Waals surface area contributed by atoms with Gasteiger partial charge in [0.2, 0.25) is 0 Å². The third kappa shape index (κ3) is 4.04. The number of rotatable bonds is 5. The molecule has 39 heavy (non-hydrogen) atoms. The minimum atomic E-state index is -0.365. The molecule has 3 N–H and O–H groups in total. The van der Waals surface area contributed by atoms with Crippen molar-refractivity contribution in [2.75, 3.05) is 14.1 Å². The Labute approximate surface area is 225 Å². The Morgan fingerprint density at radius 2 is 1.92 bits per heavy atom. The third-order valence-electron chi connectivity index (χ3n) is 7.43. The van der Waals surface area contributed by atoms with E-state index >= 15 is 4.39 Å². The van der Waals surface area contributed by atoms with Crippen LogP contribution in [0.1, 0.15) is 28.8 Å². The molecule has 7 nitrogen and oxygen atoms in total. The molecule has 3 aliphatic rings. The molecule has 0 amide bonds. The van der Waals surface area contributed by atoms with E-state index < -0.39 is 0 Å². The monoisotopic (exact) mass is 517 g/mol. The Morgan fingerprint density at radius 3 is 2.74 bits per heavy atom. The van der Waals surface area contributed by atoms with Crippen molar-refractivity contribution in [3.63, 3.8) is 0 Å². The quantitative estimate of drug-likeness (QED) is 0.334. The molecule has 8 heteroatoms. The van der Waals surface area contributed by atoms with E-state index in [0.29, 0.717) is 22.3 Å². The van der Waals surface area contributed by atoms with Crippen LogP contribution < -0.4 is 10.6 Å². The van der Waals surface area contributed by atoms with Crippen LogP contribution in [0.5, 0.6) is 0 Å². The Balaban J connectivity index is 1.30. The molecular weight excluding hydrogens is 489 g/mol. The van der Waals surface area contributed by atoms with Gasteiger partial charge in [0.05, 0.1) is 22.8 Å². The van der Waals surface area contributed by atoms with E-state index in [1.54, 1.807) is 6.20 Å². The number of dihydropyridines is 1. The molecule has 0 spiro atoms. The average Bonchev–Trinajstić information content (AvgIpc) is 3.64. The zero-order valence-electron chi connectivity index (χ0n) is 22.0. The second-order valence-corrected chi connectivity index (χ2v) is 10.6. The first-order valence-electron chi connectivity index (χ1n) is 13.0. The molecule has 0 radical (unpaired) electrons. The zero-order chi connectivity index (χ0) is 26.7. The van der Waals surface area contributed by atoms with Gasteiger partial charge in [-0.05, 0) is 80.1 Å². The number of halogens is 1. The summed E-state index contributed by atoms with van der Waals surface area (Å²) < 4.78 is 16.3. The Bertz CT molecular complexity index is 1760. The summed E-state index contributed by atoms with van der Waals surface area (Å²) in [4.78, 5) is 10.8. The fraction of sp³-hybridized carbons (Fsp3) is 0.194. The van der Waals surface area contributed by atoms with Crippen LogP contribution in [0, 0.1) is 18.7 Å². The molecule has 0 bridgehead atoms. The normalized spacial score (nSPS) is 18.0. The molecular formula is C31H28FN7. The summed E-state index contributed by atoms with van der Waals surface area (Å²) in [7, 11) is 4.05. The molecule has 2 aliphatic heterocycles. The highest BCUT2D eigenvalue weighted by Crippen LogP contribution is 2.55. The third-order valence-corrected chi connectivity index (χ3v) is 7.43. The van der Waals surface area contributed by atoms with E-state index in [2.05, 4.69) is 47.8 Å². The van der Waals surface area contributed by atoms with E-state index in [0.717, 1.165) is 52.3 Å². The zero-order valence-corrected chi connectivity index (χ0v) is 22.0. The maximum atomic E-state index is 16.3. The molecule has 0 saturated heterocycles. The number of nitrogens with one attached hydrogen (secondary N) is 3. The van der Waals surface area contributed by atoms with E-state index in [1.807, 2.05) is 70.0 Å². The molecule has 194 valence electrons. The summed E-state index contributed by atoms with van der Waals surface area (Å²) >= 11 is 0. The topological polar surface area (TPSA) is 81.8 Å². The van der Waals surface area contributed by atoms with Gasteiger partial charge in [-0.25, -0.2) is 4.39 Å². The lowest BCUT2D eigenvalue weighted by atomic mass is 9.92. The van der Waals surface area contributed by atoms with Gasteiger partial charge in [-0.3, -0.25) is 15.1 Å². The first-order valence-corrected chi connectivity index (χ1v) is 13.0. The van der Waals surface area contributed by atoms with Gasteiger partial charge in [-0.1, -0.05) is 17.7 Å². The summed E-state index contributed by atoms with van der Waals surface area (Å²) in [6.45, 7) is 2.80. The highest BCUT2D eigenvalue weighted by molar-refractivity contribution is 5.96. The van der Waals surface area contributed by atoms with Crippen LogP contribution >= 0.6 is 0 Å². The number of aromatic amines is 1. The lowest BCUT2D eigenvalue weighted by molar-refractivity contribution is 0.402. The first kappa shape index (κ1) is 23.5. The van der Waals surface area contributed by atoms with Gasteiger partial charge in [0.25, 0.3) is 0 Å². The number of benzene rings is 1. The van der Waals surface area contributed by atoms with Gasteiger partial charge in [-0.2, -0.15) is 5.10 Å². The molecule has 5 heterocycles. The van der Waals surface area contributed by atoms with Crippen LogP contribution in [0.15, 0.2) is 84.2 Å². The number of H-pyrrole nitrogens is 1. The lowest BCUT2D eigenvalue weighted by Crippen LogP contribution is -2.27. The number of hydrogen-bond acceptors (Lipinski definition) is 6. The van der Waals surface area contributed by atoms with Crippen LogP contribution in [0.4, 0.5) is 4.39 Å². The van der Waals surface area contributed by atoms with E-state index in [1.165, 1.54) is 11.1 Å². The van der Waals surface area contributed by atoms with Gasteiger partial charge in [0.15, 0.2) is 5.82 Å². The van der Waals surface area contributed by atoms with Crippen molar-refractivity contribution in [2.24, 2.45) is 5.92 Å². The van der Waals surface area contributed by atoms with Crippen molar-refractivity contribution in [1.82, 2.24) is 35.7 Å². The number of nitrogens with zero attached hydrogens (tertiary/aromatic N) is 4. The van der Waals surface area contributed by atoms with Crippen molar-refractivity contribution < 1.29 is 4.39 Å². The summed E-state index contributed by atoms with van der Waals surface area (Å²) in [6.07, 6.45) is 12.2. The SMILES string of the molecule is Cc1cc(CN(C)C)cc(-c2ncc3[nH]nc(C4=C5CC5C5=C(NC=CC=C5c5ccncc5)N4)c3c2F)c1. The number of hydrogen-bond donors (Lipinski definition) is 3. The number of aryl methyl sites for hydroxylation is 1. The molecule has 1 atom stereocenters. The number of fused-ring (bicyclic) bond motifs is 3. The highest BCUT2D eigenvalue weighted by Gasteiger charge is 2.44. The van der Waals surface area contributed by atoms with Crippen molar-refractivity contribution in [3.05, 3.63) is 112 Å². The van der Waals surface area contributed by atoms with Gasteiger partial charge < -0.3 is 15.5 Å². The second kappa shape index (κ2) is 9.03. The molecule has 3 aromatic heterocycles. The van der Waals surface area contributed by atoms with Crippen LogP contribution in [0.25, 0.3) is 33.4 Å². The number of aromatic nitrogens is 4. The van der Waals surface area contributed by atoms with Crippen molar-refractivity contribution in [2.45, 2.75) is 19.9 Å². The second-order valence-electron chi connectivity index (χ2n) is 10.6. The standard InChI is InChI=1S/C31H28FN7/c1-17-11-18(16-39(2)3)13-20(12-17)28-27(32)26-24(15-35-28)37-38-30(26)29-23-14-22(23)25-21(19-6-9-33-10-7-19)5-4-8-34-31(25)36-29/h4-13,15,22,34,36H,14,16H2,1-3H3,(H,37,38). The van der Waals surface area contributed by atoms with Gasteiger partial charge in [-0.15, -0.1) is 0 Å². The average molecular weight is 518 g/mol. The van der Waals surface area contributed by atoms with E-state index in [-0.39, 0.29) is 11.7 Å². The fourth-order valence-electron chi connectivity index (χ4n) is 5.77. The fourth-order valence-corrected chi connectivity index (χ4v) is 5.77. The minimum absolute atomic E-state index is 0.240. The molecule has 4 aromatic rings. The Morgan fingerprint density at radius 1 is 1.08 bits per heavy atom. The molecule has 1 saturated carbocycles. The van der Waals surface area contributed by atoms with Crippen molar-refractivity contribution in [1.29, 1.82) is 0 Å². The maximum Gasteiger partial charge on any atom is 0.161 e. The molecule has 1 unspecified atom stereocenters. The molecule has 7 rings (SSSR count). The van der Waals surface area contributed by atoms with E-state index in [9.17, 15) is 0 Å². The summed E-state index contributed by atoms with van der Waals surface area (Å²) in [5, 5.41) is 15.0. The Hall–Kier alpha value is -4.56. The highest BCUT2D eigenvalue weighted by atomic mass is 19.1. The van der Waals surface area contributed by atoms with Crippen LogP contribution in [0.2, 0.25) is 0 Å². The van der Waals surface area contributed by atoms with Crippen LogP contribution in [-0.2, 0) is 6.54 Å². The summed E-state index contributed by atoms with van der Waals surface area (Å²) in [6, 6.07) is 10.2. The molecule has 1 aliphatic carbocycles. The predicted octanol–water partition coefficient (Wildman–Crippen LogP) is 5.28. The van der Waals surface area contributed by atoms with E-state index in [4.69, 9.17) is 0 Å². The Kier molecular flexibility index (Phi) is 5.45. The van der Waals surface area contributed by atoms with Crippen LogP contribution in [-0.4, -0.2) is 39.2 Å². The van der Waals surface area contributed by atoms with Gasteiger partial charge >= 0.3 is 0 Å². The maximum absolute atomic E-state index is 16.3. The van der Waals surface area contributed by atoms with Crippen molar-refractivity contribution >= 4 is 22.2 Å². The first-order chi connectivity index (χ1) is 19.0. The lowest BCUT2D eigenvalue weighted by Gasteiger charge is -2.23. The van der Waals surface area contributed by atoms with Crippen LogP contribution in [0.3, 0.4) is 0 Å². The minimum Gasteiger partial charge on any atom is -0.348 e. The number of pyridine rings is 2. The van der Waals surface area contributed by atoms with Crippen molar-refractivity contribution in [3.8, 4) is 11.3 Å². The summed E-state index contributed by atoms with van der Waals surface area (Å²) in [5.41, 5.74) is 10.0. The molecule has 1 aromatic carbocycles. The molecule has 1 fully saturated rings. The smallest absolute Gasteiger partial charge is 0.161 e. The van der Waals surface area contributed by atoms with Gasteiger partial charge in [0.1, 0.15) is 17.2 Å². The largest absolute Gasteiger partial charge is 0.348 e. The summed E-state index contributed by atoms with van der Waals surface area (Å²) in [5.74, 6) is 0.770.